The molecule has 6 nitrogen and oxygen atoms in total. The van der Waals surface area contributed by atoms with Crippen LogP contribution in [-0.2, 0) is 15.9 Å². The first-order valence-electron chi connectivity index (χ1n) is 12.6. The molecule has 5 rings (SSSR count). The van der Waals surface area contributed by atoms with E-state index in [1.54, 1.807) is 18.5 Å². The van der Waals surface area contributed by atoms with Gasteiger partial charge < -0.3 is 19.7 Å². The standard InChI is InChI=1S/C30H33N3O3/c1-33(25-8-6-21(7-9-25)22-13-16-36-17-14-22)26-10-11-27-23(18-26)4-3-5-24(27)19-32-29-20-31-15-12-28(29)30(34)35-2/h6-13,15,18,20,24,32H,3-5,14,16-17,19H2,1-2H3/t24-/m0/s1. The molecule has 1 aliphatic heterocycles. The number of methoxy groups -OCH3 is 1. The number of anilines is 3. The third-order valence-electron chi connectivity index (χ3n) is 7.31. The molecule has 0 fully saturated rings. The number of nitrogens with one attached hydrogen (secondary N) is 1. The Labute approximate surface area is 213 Å². The molecular weight excluding hydrogens is 450 g/mol. The van der Waals surface area contributed by atoms with Gasteiger partial charge >= 0.3 is 5.97 Å². The molecule has 186 valence electrons. The van der Waals surface area contributed by atoms with E-state index in [-0.39, 0.29) is 5.97 Å². The van der Waals surface area contributed by atoms with E-state index in [0.717, 1.165) is 38.8 Å². The summed E-state index contributed by atoms with van der Waals surface area (Å²) in [5, 5.41) is 3.45. The van der Waals surface area contributed by atoms with Gasteiger partial charge in [-0.2, -0.15) is 0 Å². The van der Waals surface area contributed by atoms with E-state index in [0.29, 0.717) is 23.8 Å². The number of ether oxygens (including phenoxy) is 2. The van der Waals surface area contributed by atoms with Crippen molar-refractivity contribution < 1.29 is 14.3 Å². The van der Waals surface area contributed by atoms with Crippen LogP contribution in [0.4, 0.5) is 17.1 Å². The normalized spacial score (nSPS) is 17.1. The molecule has 1 aliphatic carbocycles. The summed E-state index contributed by atoms with van der Waals surface area (Å²) in [6.45, 7) is 2.26. The van der Waals surface area contributed by atoms with E-state index >= 15 is 0 Å². The molecule has 0 amide bonds. The van der Waals surface area contributed by atoms with Gasteiger partial charge in [0.1, 0.15) is 0 Å². The maximum Gasteiger partial charge on any atom is 0.340 e. The topological polar surface area (TPSA) is 63.7 Å². The fourth-order valence-electron chi connectivity index (χ4n) is 5.22. The first-order valence-corrected chi connectivity index (χ1v) is 12.6. The van der Waals surface area contributed by atoms with Crippen LogP contribution in [-0.4, -0.2) is 44.9 Å². The molecule has 3 aromatic rings. The minimum Gasteiger partial charge on any atom is -0.465 e. The van der Waals surface area contributed by atoms with Crippen molar-refractivity contribution in [2.45, 2.75) is 31.6 Å². The Morgan fingerprint density at radius 2 is 1.97 bits per heavy atom. The quantitative estimate of drug-likeness (QED) is 0.418. The van der Waals surface area contributed by atoms with Gasteiger partial charge in [0.15, 0.2) is 0 Å². The number of hydrogen-bond acceptors (Lipinski definition) is 6. The number of esters is 1. The summed E-state index contributed by atoms with van der Waals surface area (Å²) in [6.07, 6.45) is 9.81. The lowest BCUT2D eigenvalue weighted by Gasteiger charge is -2.28. The van der Waals surface area contributed by atoms with Crippen molar-refractivity contribution in [3.8, 4) is 0 Å². The summed E-state index contributed by atoms with van der Waals surface area (Å²) in [5.41, 5.74) is 9.03. The maximum atomic E-state index is 12.1. The van der Waals surface area contributed by atoms with E-state index in [9.17, 15) is 4.79 Å². The highest BCUT2D eigenvalue weighted by atomic mass is 16.5. The molecular formula is C30H33N3O3. The fraction of sp³-hybridized carbons (Fsp3) is 0.333. The highest BCUT2D eigenvalue weighted by Crippen LogP contribution is 2.36. The van der Waals surface area contributed by atoms with Crippen LogP contribution in [0.25, 0.3) is 5.57 Å². The number of benzene rings is 2. The lowest BCUT2D eigenvalue weighted by molar-refractivity contribution is 0.0601. The number of carbonyl (C=O) groups excluding carboxylic acids is 1. The van der Waals surface area contributed by atoms with E-state index < -0.39 is 0 Å². The molecule has 0 saturated carbocycles. The van der Waals surface area contributed by atoms with Gasteiger partial charge in [-0.05, 0) is 78.3 Å². The van der Waals surface area contributed by atoms with Crippen molar-refractivity contribution in [2.75, 3.05) is 44.1 Å². The van der Waals surface area contributed by atoms with Crippen molar-refractivity contribution >= 4 is 28.6 Å². The Bertz CT molecular complexity index is 1250. The number of carbonyl (C=O) groups is 1. The third-order valence-corrected chi connectivity index (χ3v) is 7.31. The largest absolute Gasteiger partial charge is 0.465 e. The zero-order valence-corrected chi connectivity index (χ0v) is 21.0. The molecule has 2 aromatic carbocycles. The Morgan fingerprint density at radius 3 is 2.75 bits per heavy atom. The first kappa shape index (κ1) is 24.1. The van der Waals surface area contributed by atoms with Crippen LogP contribution < -0.4 is 10.2 Å². The summed E-state index contributed by atoms with van der Waals surface area (Å²) in [4.78, 5) is 18.5. The highest BCUT2D eigenvalue weighted by Gasteiger charge is 2.22. The van der Waals surface area contributed by atoms with Crippen LogP contribution in [0.15, 0.2) is 67.0 Å². The van der Waals surface area contributed by atoms with Crippen LogP contribution in [0.2, 0.25) is 0 Å². The zero-order chi connectivity index (χ0) is 24.9. The van der Waals surface area contributed by atoms with Crippen LogP contribution in [0.1, 0.15) is 52.2 Å². The molecule has 0 spiro atoms. The molecule has 1 aromatic heterocycles. The minimum absolute atomic E-state index is 0.353. The van der Waals surface area contributed by atoms with Gasteiger partial charge in [0.25, 0.3) is 0 Å². The van der Waals surface area contributed by atoms with Crippen LogP contribution in [0.5, 0.6) is 0 Å². The maximum absolute atomic E-state index is 12.1. The molecule has 0 saturated heterocycles. The smallest absolute Gasteiger partial charge is 0.340 e. The Morgan fingerprint density at radius 1 is 1.14 bits per heavy atom. The fourth-order valence-corrected chi connectivity index (χ4v) is 5.22. The number of rotatable bonds is 7. The third kappa shape index (κ3) is 5.14. The summed E-state index contributed by atoms with van der Waals surface area (Å²) in [5.74, 6) is 0.0278. The molecule has 36 heavy (non-hydrogen) atoms. The first-order chi connectivity index (χ1) is 17.6. The summed E-state index contributed by atoms with van der Waals surface area (Å²) in [6, 6.07) is 17.3. The monoisotopic (exact) mass is 483 g/mol. The van der Waals surface area contributed by atoms with Gasteiger partial charge in [0, 0.05) is 37.1 Å². The van der Waals surface area contributed by atoms with Crippen molar-refractivity contribution in [3.63, 3.8) is 0 Å². The van der Waals surface area contributed by atoms with Crippen LogP contribution in [0, 0.1) is 0 Å². The van der Waals surface area contributed by atoms with E-state index in [4.69, 9.17) is 9.47 Å². The molecule has 0 bridgehead atoms. The van der Waals surface area contributed by atoms with E-state index in [2.05, 4.69) is 70.8 Å². The second-order valence-electron chi connectivity index (χ2n) is 9.43. The molecule has 1 atom stereocenters. The van der Waals surface area contributed by atoms with Crippen molar-refractivity contribution in [1.82, 2.24) is 4.98 Å². The molecule has 0 radical (unpaired) electrons. The molecule has 2 aliphatic rings. The SMILES string of the molecule is COC(=O)c1ccncc1NC[C@@H]1CCCc2cc(N(C)c3ccc(C4=CCOCC4)cc3)ccc21. The summed E-state index contributed by atoms with van der Waals surface area (Å²) >= 11 is 0. The summed E-state index contributed by atoms with van der Waals surface area (Å²) < 4.78 is 10.4. The van der Waals surface area contributed by atoms with Crippen molar-refractivity contribution in [3.05, 3.63) is 89.3 Å². The lowest BCUT2D eigenvalue weighted by Crippen LogP contribution is -2.20. The molecule has 6 heteroatoms. The highest BCUT2D eigenvalue weighted by molar-refractivity contribution is 5.95. The number of aromatic nitrogens is 1. The number of pyridine rings is 1. The Balaban J connectivity index is 1.30. The minimum atomic E-state index is -0.353. The zero-order valence-electron chi connectivity index (χ0n) is 21.0. The lowest BCUT2D eigenvalue weighted by atomic mass is 9.82. The average molecular weight is 484 g/mol. The van der Waals surface area contributed by atoms with E-state index in [1.165, 1.54) is 40.7 Å². The second kappa shape index (κ2) is 11.0. The Kier molecular flexibility index (Phi) is 7.33. The van der Waals surface area contributed by atoms with Gasteiger partial charge in [0.2, 0.25) is 0 Å². The number of hydrogen-bond donors (Lipinski definition) is 1. The van der Waals surface area contributed by atoms with Crippen molar-refractivity contribution in [2.24, 2.45) is 0 Å². The number of nitrogens with zero attached hydrogens (tertiary/aromatic N) is 2. The van der Waals surface area contributed by atoms with Crippen LogP contribution in [0.3, 0.4) is 0 Å². The number of aryl methyl sites for hydroxylation is 1. The molecule has 0 unspecified atom stereocenters. The van der Waals surface area contributed by atoms with Gasteiger partial charge in [-0.1, -0.05) is 24.3 Å². The Hall–Kier alpha value is -3.64. The predicted octanol–water partition coefficient (Wildman–Crippen LogP) is 5.97. The van der Waals surface area contributed by atoms with Gasteiger partial charge in [-0.15, -0.1) is 0 Å². The van der Waals surface area contributed by atoms with Gasteiger partial charge in [-0.3, -0.25) is 4.98 Å². The number of fused-ring (bicyclic) bond motifs is 1. The predicted molar refractivity (Wildman–Crippen MR) is 144 cm³/mol. The van der Waals surface area contributed by atoms with Gasteiger partial charge in [0.05, 0.1) is 37.8 Å². The molecule has 2 heterocycles. The summed E-state index contributed by atoms with van der Waals surface area (Å²) in [7, 11) is 3.53. The van der Waals surface area contributed by atoms with E-state index in [1.807, 2.05) is 0 Å². The van der Waals surface area contributed by atoms with Crippen LogP contribution >= 0.6 is 0 Å². The molecule has 1 N–H and O–H groups in total. The van der Waals surface area contributed by atoms with Gasteiger partial charge in [-0.25, -0.2) is 4.79 Å². The van der Waals surface area contributed by atoms with Crippen molar-refractivity contribution in [1.29, 1.82) is 0 Å². The second-order valence-corrected chi connectivity index (χ2v) is 9.43. The average Bonchev–Trinajstić information content (AvgIpc) is 2.95.